The first-order valence-corrected chi connectivity index (χ1v) is 7.67. The van der Waals surface area contributed by atoms with E-state index < -0.39 is 0 Å². The molecular weight excluding hydrogens is 250 g/mol. The Hall–Kier alpha value is -1.22. The zero-order chi connectivity index (χ0) is 14.2. The summed E-state index contributed by atoms with van der Waals surface area (Å²) in [7, 11) is 1.75. The van der Waals surface area contributed by atoms with Gasteiger partial charge in [-0.25, -0.2) is 0 Å². The zero-order valence-electron chi connectivity index (χ0n) is 12.8. The van der Waals surface area contributed by atoms with Gasteiger partial charge < -0.3 is 14.8 Å². The van der Waals surface area contributed by atoms with Crippen LogP contribution in [0.3, 0.4) is 0 Å². The number of rotatable bonds is 5. The number of ether oxygens (including phenoxy) is 2. The molecule has 1 aromatic rings. The first-order valence-electron chi connectivity index (χ1n) is 7.67. The fourth-order valence-corrected chi connectivity index (χ4v) is 3.27. The lowest BCUT2D eigenvalue weighted by atomic mass is 9.70. The summed E-state index contributed by atoms with van der Waals surface area (Å²) in [5, 5.41) is 3.59. The smallest absolute Gasteiger partial charge is 0.123 e. The van der Waals surface area contributed by atoms with Gasteiger partial charge in [0.1, 0.15) is 17.6 Å². The molecule has 0 radical (unpaired) electrons. The van der Waals surface area contributed by atoms with Crippen LogP contribution in [0.1, 0.15) is 44.2 Å². The maximum Gasteiger partial charge on any atom is 0.123 e. The van der Waals surface area contributed by atoms with Crippen LogP contribution >= 0.6 is 0 Å². The Bertz CT molecular complexity index is 494. The third kappa shape index (κ3) is 2.64. The molecule has 1 heterocycles. The molecule has 3 rings (SSSR count). The van der Waals surface area contributed by atoms with E-state index in [1.165, 1.54) is 30.4 Å². The molecule has 1 atom stereocenters. The van der Waals surface area contributed by atoms with Crippen molar-refractivity contribution >= 4 is 0 Å². The lowest BCUT2D eigenvalue weighted by molar-refractivity contribution is 0.156. The van der Waals surface area contributed by atoms with Gasteiger partial charge in [0.25, 0.3) is 0 Å². The van der Waals surface area contributed by atoms with Crippen LogP contribution in [0.15, 0.2) is 12.1 Å². The molecule has 0 saturated heterocycles. The maximum atomic E-state index is 5.84. The van der Waals surface area contributed by atoms with E-state index in [1.54, 1.807) is 7.11 Å². The van der Waals surface area contributed by atoms with Crippen LogP contribution in [-0.2, 0) is 13.0 Å². The minimum Gasteiger partial charge on any atom is -0.496 e. The predicted octanol–water partition coefficient (Wildman–Crippen LogP) is 3.30. The molecule has 110 valence electrons. The van der Waals surface area contributed by atoms with Gasteiger partial charge in [0, 0.05) is 30.6 Å². The van der Waals surface area contributed by atoms with Crippen molar-refractivity contribution in [2.75, 3.05) is 13.7 Å². The molecule has 0 aromatic heterocycles. The van der Waals surface area contributed by atoms with Gasteiger partial charge in [-0.3, -0.25) is 0 Å². The lowest BCUT2D eigenvalue weighted by Crippen LogP contribution is -2.37. The van der Waals surface area contributed by atoms with E-state index in [4.69, 9.17) is 9.47 Å². The monoisotopic (exact) mass is 275 g/mol. The van der Waals surface area contributed by atoms with Crippen molar-refractivity contribution in [3.05, 3.63) is 23.3 Å². The second-order valence-corrected chi connectivity index (χ2v) is 6.67. The summed E-state index contributed by atoms with van der Waals surface area (Å²) in [6.45, 7) is 6.42. The molecule has 1 fully saturated rings. The van der Waals surface area contributed by atoms with E-state index in [-0.39, 0.29) is 6.10 Å². The molecule has 1 aliphatic carbocycles. The van der Waals surface area contributed by atoms with Gasteiger partial charge >= 0.3 is 0 Å². The summed E-state index contributed by atoms with van der Waals surface area (Å²) in [6, 6.07) is 4.29. The van der Waals surface area contributed by atoms with Crippen molar-refractivity contribution in [3.63, 3.8) is 0 Å². The third-order valence-corrected chi connectivity index (χ3v) is 4.73. The minimum atomic E-state index is 0.284. The quantitative estimate of drug-likeness (QED) is 0.894. The van der Waals surface area contributed by atoms with E-state index in [0.717, 1.165) is 31.0 Å². The van der Waals surface area contributed by atoms with Crippen molar-refractivity contribution in [1.82, 2.24) is 5.32 Å². The predicted molar refractivity (Wildman–Crippen MR) is 80.5 cm³/mol. The summed E-state index contributed by atoms with van der Waals surface area (Å²) in [5.41, 5.74) is 2.97. The second kappa shape index (κ2) is 5.28. The van der Waals surface area contributed by atoms with E-state index >= 15 is 0 Å². The number of nitrogens with one attached hydrogen (secondary N) is 1. The number of fused-ring (bicyclic) bond motifs is 1. The van der Waals surface area contributed by atoms with Gasteiger partial charge in [-0.2, -0.15) is 0 Å². The van der Waals surface area contributed by atoms with E-state index in [2.05, 4.69) is 31.3 Å². The van der Waals surface area contributed by atoms with Crippen LogP contribution in [0.25, 0.3) is 0 Å². The number of hydrogen-bond acceptors (Lipinski definition) is 3. The summed E-state index contributed by atoms with van der Waals surface area (Å²) in [4.78, 5) is 0. The Kier molecular flexibility index (Phi) is 3.63. The first kappa shape index (κ1) is 13.7. The third-order valence-electron chi connectivity index (χ3n) is 4.73. The van der Waals surface area contributed by atoms with E-state index in [0.29, 0.717) is 5.41 Å². The minimum absolute atomic E-state index is 0.284. The van der Waals surface area contributed by atoms with Crippen LogP contribution in [0, 0.1) is 5.41 Å². The molecule has 1 aliphatic heterocycles. The van der Waals surface area contributed by atoms with Gasteiger partial charge in [0.05, 0.1) is 7.11 Å². The van der Waals surface area contributed by atoms with Crippen LogP contribution in [-0.4, -0.2) is 19.8 Å². The van der Waals surface area contributed by atoms with Gasteiger partial charge in [0.2, 0.25) is 0 Å². The molecule has 3 heteroatoms. The van der Waals surface area contributed by atoms with Crippen LogP contribution in [0.2, 0.25) is 0 Å². The maximum absolute atomic E-state index is 5.84. The number of hydrogen-bond donors (Lipinski definition) is 1. The zero-order valence-corrected chi connectivity index (χ0v) is 12.8. The largest absolute Gasteiger partial charge is 0.496 e. The van der Waals surface area contributed by atoms with Crippen LogP contribution in [0.4, 0.5) is 0 Å². The first-order chi connectivity index (χ1) is 9.59. The SMILES string of the molecule is COc1cc2c(cc1CNCC1(C)CCC1)OC(C)C2. The van der Waals surface area contributed by atoms with E-state index in [1.807, 2.05) is 0 Å². The highest BCUT2D eigenvalue weighted by Crippen LogP contribution is 2.40. The van der Waals surface area contributed by atoms with Crippen LogP contribution < -0.4 is 14.8 Å². The fourth-order valence-electron chi connectivity index (χ4n) is 3.27. The molecule has 1 unspecified atom stereocenters. The Balaban J connectivity index is 1.67. The second-order valence-electron chi connectivity index (χ2n) is 6.67. The Morgan fingerprint density at radius 1 is 1.40 bits per heavy atom. The van der Waals surface area contributed by atoms with E-state index in [9.17, 15) is 0 Å². The van der Waals surface area contributed by atoms with Gasteiger partial charge in [-0.05, 0) is 37.3 Å². The molecule has 1 saturated carbocycles. The summed E-state index contributed by atoms with van der Waals surface area (Å²) in [5.74, 6) is 2.01. The summed E-state index contributed by atoms with van der Waals surface area (Å²) in [6.07, 6.45) is 5.35. The van der Waals surface area contributed by atoms with Crippen molar-refractivity contribution in [2.45, 2.75) is 52.2 Å². The highest BCUT2D eigenvalue weighted by atomic mass is 16.5. The average molecular weight is 275 g/mol. The standard InChI is InChI=1S/C17H25NO2/c1-12-7-13-8-15(19-3)14(9-16(13)20-12)10-18-11-17(2)5-4-6-17/h8-9,12,18H,4-7,10-11H2,1-3H3. The molecule has 20 heavy (non-hydrogen) atoms. The van der Waals surface area contributed by atoms with Crippen LogP contribution in [0.5, 0.6) is 11.5 Å². The summed E-state index contributed by atoms with van der Waals surface area (Å²) < 4.78 is 11.4. The molecule has 1 N–H and O–H groups in total. The Morgan fingerprint density at radius 2 is 2.20 bits per heavy atom. The number of benzene rings is 1. The Labute approximate surface area is 121 Å². The lowest BCUT2D eigenvalue weighted by Gasteiger charge is -2.38. The van der Waals surface area contributed by atoms with Gasteiger partial charge in [-0.15, -0.1) is 0 Å². The van der Waals surface area contributed by atoms with Crippen molar-refractivity contribution in [2.24, 2.45) is 5.41 Å². The fraction of sp³-hybridized carbons (Fsp3) is 0.647. The highest BCUT2D eigenvalue weighted by molar-refractivity contribution is 5.48. The van der Waals surface area contributed by atoms with Gasteiger partial charge in [0.15, 0.2) is 0 Å². The molecule has 2 aliphatic rings. The molecule has 0 spiro atoms. The normalized spacial score (nSPS) is 22.9. The number of methoxy groups -OCH3 is 1. The molecule has 3 nitrogen and oxygen atoms in total. The summed E-state index contributed by atoms with van der Waals surface area (Å²) >= 11 is 0. The Morgan fingerprint density at radius 3 is 2.85 bits per heavy atom. The van der Waals surface area contributed by atoms with Crippen molar-refractivity contribution < 1.29 is 9.47 Å². The molecule has 0 amide bonds. The van der Waals surface area contributed by atoms with Crippen molar-refractivity contribution in [3.8, 4) is 11.5 Å². The van der Waals surface area contributed by atoms with Gasteiger partial charge in [-0.1, -0.05) is 13.3 Å². The average Bonchev–Trinajstić information content (AvgIpc) is 2.74. The topological polar surface area (TPSA) is 30.5 Å². The molecular formula is C17H25NO2. The highest BCUT2D eigenvalue weighted by Gasteiger charge is 2.31. The van der Waals surface area contributed by atoms with Crippen molar-refractivity contribution in [1.29, 1.82) is 0 Å². The molecule has 1 aromatic carbocycles. The molecule has 0 bridgehead atoms.